The Hall–Kier alpha value is -0.260. The Morgan fingerprint density at radius 2 is 1.83 bits per heavy atom. The van der Waals surface area contributed by atoms with E-state index < -0.39 is 40.2 Å². The second-order valence-electron chi connectivity index (χ2n) is 3.20. The van der Waals surface area contributed by atoms with Gasteiger partial charge < -0.3 is 0 Å². The molecule has 1 fully saturated rings. The highest BCUT2D eigenvalue weighted by Crippen LogP contribution is 2.45. The Bertz CT molecular complexity index is 265. The molecule has 0 saturated heterocycles. The van der Waals surface area contributed by atoms with Crippen LogP contribution in [0.15, 0.2) is 0 Å². The minimum Gasteiger partial charge on any atom is -0.207 e. The van der Waals surface area contributed by atoms with Crippen molar-refractivity contribution in [1.82, 2.24) is 0 Å². The average molecular weight is 202 g/mol. The van der Waals surface area contributed by atoms with E-state index in [1.807, 2.05) is 0 Å². The van der Waals surface area contributed by atoms with E-state index in [1.165, 1.54) is 0 Å². The van der Waals surface area contributed by atoms with Gasteiger partial charge in [-0.3, -0.25) is 0 Å². The first-order valence-corrected chi connectivity index (χ1v) is 4.98. The maximum absolute atomic E-state index is 12.2. The molecule has 0 heterocycles. The lowest BCUT2D eigenvalue weighted by molar-refractivity contribution is -0.109. The Morgan fingerprint density at radius 3 is 2.08 bits per heavy atom. The van der Waals surface area contributed by atoms with Gasteiger partial charge in [0.1, 0.15) is 0 Å². The molecular weight excluding hydrogens is 193 g/mol. The van der Waals surface area contributed by atoms with Gasteiger partial charge in [0.15, 0.2) is 0 Å². The summed E-state index contributed by atoms with van der Waals surface area (Å²) in [4.78, 5) is 0. The molecule has 0 amide bonds. The number of hydrogen-bond donors (Lipinski definition) is 0. The Morgan fingerprint density at radius 1 is 1.42 bits per heavy atom. The SMILES string of the molecule is CC(C1CC(F)(F)C1)S(=O)(=O)F. The number of halogens is 3. The average Bonchev–Trinajstić information content (AvgIpc) is 1.78. The summed E-state index contributed by atoms with van der Waals surface area (Å²) in [5.74, 6) is -3.51. The second-order valence-corrected chi connectivity index (χ2v) is 4.90. The van der Waals surface area contributed by atoms with Crippen molar-refractivity contribution >= 4 is 10.2 Å². The zero-order chi connectivity index (χ0) is 9.57. The summed E-state index contributed by atoms with van der Waals surface area (Å²) in [5, 5.41) is -1.29. The van der Waals surface area contributed by atoms with Crippen molar-refractivity contribution in [3.05, 3.63) is 0 Å². The van der Waals surface area contributed by atoms with Crippen molar-refractivity contribution in [2.45, 2.75) is 30.9 Å². The summed E-state index contributed by atoms with van der Waals surface area (Å²) in [7, 11) is -4.65. The van der Waals surface area contributed by atoms with Crippen molar-refractivity contribution in [1.29, 1.82) is 0 Å². The summed E-state index contributed by atoms with van der Waals surface area (Å²) in [6, 6.07) is 0. The fourth-order valence-corrected chi connectivity index (χ4v) is 1.92. The van der Waals surface area contributed by atoms with Crippen LogP contribution in [0.25, 0.3) is 0 Å². The molecule has 12 heavy (non-hydrogen) atoms. The molecule has 1 aliphatic carbocycles. The van der Waals surface area contributed by atoms with Gasteiger partial charge in [0.05, 0.1) is 5.25 Å². The standard InChI is InChI=1S/C6H9F3O2S/c1-4(12(9,10)11)5-2-6(7,8)3-5/h4-5H,2-3H2,1H3. The monoisotopic (exact) mass is 202 g/mol. The summed E-state index contributed by atoms with van der Waals surface area (Å²) < 4.78 is 57.2. The molecule has 0 bridgehead atoms. The lowest BCUT2D eigenvalue weighted by Crippen LogP contribution is -2.42. The maximum atomic E-state index is 12.2. The van der Waals surface area contributed by atoms with Crippen LogP contribution in [-0.2, 0) is 10.2 Å². The predicted molar refractivity (Wildman–Crippen MR) is 37.2 cm³/mol. The number of alkyl halides is 2. The zero-order valence-electron chi connectivity index (χ0n) is 6.43. The van der Waals surface area contributed by atoms with Crippen LogP contribution in [-0.4, -0.2) is 19.6 Å². The highest BCUT2D eigenvalue weighted by atomic mass is 32.3. The van der Waals surface area contributed by atoms with Crippen LogP contribution in [0.5, 0.6) is 0 Å². The molecule has 0 spiro atoms. The summed E-state index contributed by atoms with van der Waals surface area (Å²) in [6.45, 7) is 1.12. The number of rotatable bonds is 2. The number of hydrogen-bond acceptors (Lipinski definition) is 2. The van der Waals surface area contributed by atoms with Gasteiger partial charge in [-0.05, 0) is 12.8 Å². The van der Waals surface area contributed by atoms with Crippen molar-refractivity contribution in [3.63, 3.8) is 0 Å². The molecule has 0 aromatic rings. The lowest BCUT2D eigenvalue weighted by atomic mass is 9.79. The Kier molecular flexibility index (Phi) is 2.14. The van der Waals surface area contributed by atoms with E-state index >= 15 is 0 Å². The summed E-state index contributed by atoms with van der Waals surface area (Å²) in [5.41, 5.74) is 0. The highest BCUT2D eigenvalue weighted by molar-refractivity contribution is 7.87. The molecule has 1 saturated carbocycles. The summed E-state index contributed by atoms with van der Waals surface area (Å²) in [6.07, 6.45) is -1.03. The Labute approximate surface area is 69.0 Å². The van der Waals surface area contributed by atoms with Crippen LogP contribution >= 0.6 is 0 Å². The largest absolute Gasteiger partial charge is 0.305 e. The molecule has 0 aliphatic heterocycles. The molecule has 0 aromatic carbocycles. The zero-order valence-corrected chi connectivity index (χ0v) is 7.24. The van der Waals surface area contributed by atoms with Gasteiger partial charge in [0, 0.05) is 12.8 Å². The third-order valence-electron chi connectivity index (χ3n) is 2.23. The van der Waals surface area contributed by atoms with Crippen molar-refractivity contribution in [3.8, 4) is 0 Å². The highest BCUT2D eigenvalue weighted by Gasteiger charge is 2.50. The van der Waals surface area contributed by atoms with Crippen LogP contribution in [0.3, 0.4) is 0 Å². The van der Waals surface area contributed by atoms with E-state index in [1.54, 1.807) is 0 Å². The quantitative estimate of drug-likeness (QED) is 0.639. The van der Waals surface area contributed by atoms with Gasteiger partial charge in [-0.15, -0.1) is 3.89 Å². The lowest BCUT2D eigenvalue weighted by Gasteiger charge is -2.36. The third kappa shape index (κ3) is 1.91. The molecule has 1 atom stereocenters. The van der Waals surface area contributed by atoms with E-state index in [2.05, 4.69) is 0 Å². The normalized spacial score (nSPS) is 26.3. The minimum atomic E-state index is -4.65. The van der Waals surface area contributed by atoms with Gasteiger partial charge in [0.2, 0.25) is 5.92 Å². The first-order chi connectivity index (χ1) is 5.22. The van der Waals surface area contributed by atoms with Gasteiger partial charge in [-0.1, -0.05) is 0 Å². The summed E-state index contributed by atoms with van der Waals surface area (Å²) >= 11 is 0. The van der Waals surface area contributed by atoms with E-state index in [0.29, 0.717) is 0 Å². The molecule has 6 heteroatoms. The first kappa shape index (κ1) is 9.83. The molecule has 2 nitrogen and oxygen atoms in total. The van der Waals surface area contributed by atoms with Crippen LogP contribution in [0.4, 0.5) is 12.7 Å². The van der Waals surface area contributed by atoms with Crippen molar-refractivity contribution < 1.29 is 21.1 Å². The van der Waals surface area contributed by atoms with Gasteiger partial charge >= 0.3 is 10.2 Å². The second kappa shape index (κ2) is 2.61. The molecular formula is C6H9F3O2S. The molecule has 0 radical (unpaired) electrons. The van der Waals surface area contributed by atoms with Gasteiger partial charge in [0.25, 0.3) is 0 Å². The Balaban J connectivity index is 2.55. The van der Waals surface area contributed by atoms with E-state index in [-0.39, 0.29) is 0 Å². The van der Waals surface area contributed by atoms with E-state index in [0.717, 1.165) is 6.92 Å². The van der Waals surface area contributed by atoms with Crippen LogP contribution in [0, 0.1) is 5.92 Å². The van der Waals surface area contributed by atoms with Crippen LogP contribution < -0.4 is 0 Å². The fourth-order valence-electron chi connectivity index (χ4n) is 1.27. The van der Waals surface area contributed by atoms with Gasteiger partial charge in [-0.2, -0.15) is 8.42 Å². The predicted octanol–water partition coefficient (Wildman–Crippen LogP) is 1.72. The third-order valence-corrected chi connectivity index (χ3v) is 3.50. The molecule has 0 aromatic heterocycles. The molecule has 72 valence electrons. The van der Waals surface area contributed by atoms with Crippen molar-refractivity contribution in [2.24, 2.45) is 5.92 Å². The van der Waals surface area contributed by atoms with Gasteiger partial charge in [-0.25, -0.2) is 8.78 Å². The van der Waals surface area contributed by atoms with E-state index in [4.69, 9.17) is 0 Å². The molecule has 1 aliphatic rings. The maximum Gasteiger partial charge on any atom is 0.305 e. The van der Waals surface area contributed by atoms with E-state index in [9.17, 15) is 21.1 Å². The molecule has 1 rings (SSSR count). The topological polar surface area (TPSA) is 34.1 Å². The molecule has 0 N–H and O–H groups in total. The first-order valence-electron chi connectivity index (χ1n) is 3.54. The van der Waals surface area contributed by atoms with Crippen LogP contribution in [0.1, 0.15) is 19.8 Å². The fraction of sp³-hybridized carbons (Fsp3) is 1.00. The smallest absolute Gasteiger partial charge is 0.207 e. The van der Waals surface area contributed by atoms with Crippen LogP contribution in [0.2, 0.25) is 0 Å². The molecule has 1 unspecified atom stereocenters. The minimum absolute atomic E-state index is 0.517. The van der Waals surface area contributed by atoms with Crippen molar-refractivity contribution in [2.75, 3.05) is 0 Å².